The number of carbonyl (C=O) groups is 2. The summed E-state index contributed by atoms with van der Waals surface area (Å²) in [6, 6.07) is 7.12. The molecule has 6 nitrogen and oxygen atoms in total. The van der Waals surface area contributed by atoms with E-state index < -0.39 is 0 Å². The molecule has 2 fully saturated rings. The highest BCUT2D eigenvalue weighted by atomic mass is 16.5. The van der Waals surface area contributed by atoms with Gasteiger partial charge in [-0.25, -0.2) is 0 Å². The molecule has 3 heterocycles. The van der Waals surface area contributed by atoms with Gasteiger partial charge in [0, 0.05) is 26.2 Å². The summed E-state index contributed by atoms with van der Waals surface area (Å²) >= 11 is 0. The third kappa shape index (κ3) is 4.71. The summed E-state index contributed by atoms with van der Waals surface area (Å²) in [6.07, 6.45) is 3.97. The molecule has 0 spiro atoms. The highest BCUT2D eigenvalue weighted by molar-refractivity contribution is 6.21. The van der Waals surface area contributed by atoms with E-state index in [-0.39, 0.29) is 11.8 Å². The molecule has 0 aromatic heterocycles. The molecule has 0 N–H and O–H groups in total. The quantitative estimate of drug-likeness (QED) is 0.688. The molecular formula is C23H33N3O3. The van der Waals surface area contributed by atoms with Crippen molar-refractivity contribution in [3.63, 3.8) is 0 Å². The first kappa shape index (κ1) is 20.5. The van der Waals surface area contributed by atoms with Crippen LogP contribution in [-0.4, -0.2) is 84.5 Å². The molecule has 4 rings (SSSR count). The first-order valence-corrected chi connectivity index (χ1v) is 11.1. The number of hydrogen-bond acceptors (Lipinski definition) is 5. The minimum absolute atomic E-state index is 0.140. The van der Waals surface area contributed by atoms with Crippen LogP contribution < -0.4 is 0 Å². The lowest BCUT2D eigenvalue weighted by Gasteiger charge is -2.39. The van der Waals surface area contributed by atoms with E-state index in [4.69, 9.17) is 4.74 Å². The van der Waals surface area contributed by atoms with Crippen LogP contribution in [0.4, 0.5) is 0 Å². The number of nitrogens with zero attached hydrogens (tertiary/aromatic N) is 3. The van der Waals surface area contributed by atoms with Crippen molar-refractivity contribution >= 4 is 11.8 Å². The van der Waals surface area contributed by atoms with Crippen LogP contribution >= 0.6 is 0 Å². The maximum Gasteiger partial charge on any atom is 0.261 e. The van der Waals surface area contributed by atoms with Crippen molar-refractivity contribution in [3.05, 3.63) is 35.4 Å². The molecule has 29 heavy (non-hydrogen) atoms. The average molecular weight is 400 g/mol. The molecule has 1 aromatic rings. The molecule has 2 saturated heterocycles. The first-order chi connectivity index (χ1) is 14.0. The van der Waals surface area contributed by atoms with Crippen LogP contribution in [0.15, 0.2) is 24.3 Å². The second-order valence-electron chi connectivity index (χ2n) is 8.92. The molecule has 3 aliphatic rings. The Hall–Kier alpha value is -1.76. The van der Waals surface area contributed by atoms with E-state index in [1.54, 1.807) is 12.1 Å². The SMILES string of the molecule is CC1CN(CC2CCN(CCCN3C(=O)c4ccccc4C3=O)CC2)CC(C)O1. The molecule has 6 heteroatoms. The topological polar surface area (TPSA) is 53.1 Å². The Balaban J connectivity index is 1.17. The highest BCUT2D eigenvalue weighted by Crippen LogP contribution is 2.24. The summed E-state index contributed by atoms with van der Waals surface area (Å²) < 4.78 is 5.84. The Bertz CT molecular complexity index is 700. The van der Waals surface area contributed by atoms with Gasteiger partial charge in [-0.05, 0) is 70.8 Å². The van der Waals surface area contributed by atoms with Crippen LogP contribution in [0, 0.1) is 5.92 Å². The number of imide groups is 1. The number of likely N-dealkylation sites (tertiary alicyclic amines) is 1. The zero-order valence-corrected chi connectivity index (χ0v) is 17.7. The third-order valence-corrected chi connectivity index (χ3v) is 6.45. The predicted octanol–water partition coefficient (Wildman–Crippen LogP) is 2.49. The van der Waals surface area contributed by atoms with Crippen LogP contribution in [0.3, 0.4) is 0 Å². The Morgan fingerprint density at radius 3 is 2.07 bits per heavy atom. The fourth-order valence-electron chi connectivity index (χ4n) is 5.09. The Morgan fingerprint density at radius 1 is 0.897 bits per heavy atom. The molecule has 0 radical (unpaired) electrons. The van der Waals surface area contributed by atoms with Gasteiger partial charge in [0.05, 0.1) is 23.3 Å². The van der Waals surface area contributed by atoms with Gasteiger partial charge in [0.1, 0.15) is 0 Å². The minimum Gasteiger partial charge on any atom is -0.373 e. The largest absolute Gasteiger partial charge is 0.373 e. The summed E-state index contributed by atoms with van der Waals surface area (Å²) in [7, 11) is 0. The third-order valence-electron chi connectivity index (χ3n) is 6.45. The van der Waals surface area contributed by atoms with Crippen LogP contribution in [0.2, 0.25) is 0 Å². The van der Waals surface area contributed by atoms with E-state index in [9.17, 15) is 9.59 Å². The molecule has 1 aromatic carbocycles. The molecule has 2 amide bonds. The molecule has 0 saturated carbocycles. The maximum absolute atomic E-state index is 12.4. The maximum atomic E-state index is 12.4. The minimum atomic E-state index is -0.140. The summed E-state index contributed by atoms with van der Waals surface area (Å²) in [5.74, 6) is 0.483. The monoisotopic (exact) mass is 399 g/mol. The number of piperidine rings is 1. The lowest BCUT2D eigenvalue weighted by Crippen LogP contribution is -2.48. The van der Waals surface area contributed by atoms with Crippen LogP contribution in [0.25, 0.3) is 0 Å². The summed E-state index contributed by atoms with van der Waals surface area (Å²) in [4.78, 5) is 31.4. The van der Waals surface area contributed by atoms with Gasteiger partial charge in [-0.1, -0.05) is 12.1 Å². The standard InChI is InChI=1S/C23H33N3O3/c1-17-14-25(15-18(2)29-17)16-19-8-12-24(13-9-19)10-5-11-26-22(27)20-6-3-4-7-21(20)23(26)28/h3-4,6-7,17-19H,5,8-16H2,1-2H3. The number of benzene rings is 1. The van der Waals surface area contributed by atoms with Crippen molar-refractivity contribution in [2.24, 2.45) is 5.92 Å². The van der Waals surface area contributed by atoms with E-state index in [0.717, 1.165) is 45.1 Å². The van der Waals surface area contributed by atoms with Crippen molar-refractivity contribution in [2.45, 2.75) is 45.3 Å². The number of carbonyl (C=O) groups excluding carboxylic acids is 2. The van der Waals surface area contributed by atoms with Crippen LogP contribution in [0.1, 0.15) is 53.8 Å². The van der Waals surface area contributed by atoms with Crippen molar-refractivity contribution in [3.8, 4) is 0 Å². The molecule has 158 valence electrons. The fourth-order valence-corrected chi connectivity index (χ4v) is 5.09. The number of fused-ring (bicyclic) bond motifs is 1. The van der Waals surface area contributed by atoms with E-state index >= 15 is 0 Å². The molecule has 0 bridgehead atoms. The molecule has 3 aliphatic heterocycles. The van der Waals surface area contributed by atoms with Gasteiger partial charge in [-0.2, -0.15) is 0 Å². The van der Waals surface area contributed by atoms with Gasteiger partial charge >= 0.3 is 0 Å². The van der Waals surface area contributed by atoms with Crippen molar-refractivity contribution in [1.82, 2.24) is 14.7 Å². The van der Waals surface area contributed by atoms with Gasteiger partial charge in [-0.15, -0.1) is 0 Å². The van der Waals surface area contributed by atoms with Crippen LogP contribution in [0.5, 0.6) is 0 Å². The van der Waals surface area contributed by atoms with E-state index in [1.807, 2.05) is 12.1 Å². The number of morpholine rings is 1. The molecule has 0 aliphatic carbocycles. The number of hydrogen-bond donors (Lipinski definition) is 0. The lowest BCUT2D eigenvalue weighted by atomic mass is 9.95. The summed E-state index contributed by atoms with van der Waals surface area (Å²) in [5.41, 5.74) is 1.09. The summed E-state index contributed by atoms with van der Waals surface area (Å²) in [5, 5.41) is 0. The smallest absolute Gasteiger partial charge is 0.261 e. The van der Waals surface area contributed by atoms with Crippen molar-refractivity contribution in [1.29, 1.82) is 0 Å². The van der Waals surface area contributed by atoms with Gasteiger partial charge in [0.25, 0.3) is 11.8 Å². The Labute approximate surface area is 173 Å². The van der Waals surface area contributed by atoms with Gasteiger partial charge in [0.2, 0.25) is 0 Å². The zero-order valence-electron chi connectivity index (χ0n) is 17.7. The summed E-state index contributed by atoms with van der Waals surface area (Å²) in [6.45, 7) is 11.3. The van der Waals surface area contributed by atoms with Crippen molar-refractivity contribution in [2.75, 3.05) is 45.8 Å². The molecule has 2 atom stereocenters. The number of amides is 2. The first-order valence-electron chi connectivity index (χ1n) is 11.1. The number of rotatable bonds is 6. The van der Waals surface area contributed by atoms with E-state index in [2.05, 4.69) is 23.6 Å². The highest BCUT2D eigenvalue weighted by Gasteiger charge is 2.34. The van der Waals surface area contributed by atoms with Crippen LogP contribution in [-0.2, 0) is 4.74 Å². The number of ether oxygens (including phenoxy) is 1. The molecule has 2 unspecified atom stereocenters. The van der Waals surface area contributed by atoms with Gasteiger partial charge in [-0.3, -0.25) is 19.4 Å². The predicted molar refractivity (Wildman–Crippen MR) is 112 cm³/mol. The fraction of sp³-hybridized carbons (Fsp3) is 0.652. The zero-order chi connectivity index (χ0) is 20.4. The second-order valence-corrected chi connectivity index (χ2v) is 8.92. The Morgan fingerprint density at radius 2 is 1.48 bits per heavy atom. The Kier molecular flexibility index (Phi) is 6.32. The average Bonchev–Trinajstić information content (AvgIpc) is 2.94. The van der Waals surface area contributed by atoms with Gasteiger partial charge in [0.15, 0.2) is 0 Å². The molecular weight excluding hydrogens is 366 g/mol. The normalized spacial score (nSPS) is 26.9. The van der Waals surface area contributed by atoms with E-state index in [0.29, 0.717) is 29.9 Å². The second kappa shape index (κ2) is 8.94. The van der Waals surface area contributed by atoms with Crippen molar-refractivity contribution < 1.29 is 14.3 Å². The van der Waals surface area contributed by atoms with Gasteiger partial charge < -0.3 is 9.64 Å². The van der Waals surface area contributed by atoms with E-state index in [1.165, 1.54) is 24.3 Å². The lowest BCUT2D eigenvalue weighted by molar-refractivity contribution is -0.0731.